The summed E-state index contributed by atoms with van der Waals surface area (Å²) in [5.74, 6) is 0.123. The lowest BCUT2D eigenvalue weighted by atomic mass is 10.2. The van der Waals surface area contributed by atoms with Gasteiger partial charge in [0.15, 0.2) is 6.10 Å². The second-order valence-electron chi connectivity index (χ2n) is 5.33. The Bertz CT molecular complexity index is 833. The lowest BCUT2D eigenvalue weighted by Gasteiger charge is -2.13. The molecule has 0 fully saturated rings. The van der Waals surface area contributed by atoms with Gasteiger partial charge in [-0.25, -0.2) is 9.78 Å². The van der Waals surface area contributed by atoms with E-state index in [-0.39, 0.29) is 6.61 Å². The fraction of sp³-hybridized carbons (Fsp3) is 0.158. The molecule has 1 aromatic heterocycles. The molecule has 0 radical (unpaired) electrons. The second kappa shape index (κ2) is 8.14. The topological polar surface area (TPSA) is 48.4 Å². The number of hydrogen-bond acceptors (Lipinski definition) is 5. The molecule has 0 N–H and O–H groups in total. The Morgan fingerprint density at radius 2 is 1.88 bits per heavy atom. The predicted molar refractivity (Wildman–Crippen MR) is 98.9 cm³/mol. The van der Waals surface area contributed by atoms with Crippen molar-refractivity contribution in [3.8, 4) is 16.3 Å². The van der Waals surface area contributed by atoms with E-state index in [1.165, 1.54) is 11.3 Å². The number of ether oxygens (including phenoxy) is 2. The fourth-order valence-corrected chi connectivity index (χ4v) is 3.05. The van der Waals surface area contributed by atoms with E-state index in [4.69, 9.17) is 21.1 Å². The van der Waals surface area contributed by atoms with Crippen LogP contribution in [-0.4, -0.2) is 17.1 Å². The Kier molecular flexibility index (Phi) is 5.68. The summed E-state index contributed by atoms with van der Waals surface area (Å²) >= 11 is 7.34. The molecule has 4 nitrogen and oxygen atoms in total. The molecule has 6 heteroatoms. The molecule has 3 aromatic rings. The number of esters is 1. The highest BCUT2D eigenvalue weighted by molar-refractivity contribution is 7.13. The average molecular weight is 374 g/mol. The van der Waals surface area contributed by atoms with Crippen LogP contribution in [0, 0.1) is 0 Å². The Balaban J connectivity index is 1.53. The van der Waals surface area contributed by atoms with Crippen LogP contribution in [0.15, 0.2) is 60.0 Å². The Hall–Kier alpha value is -2.37. The smallest absolute Gasteiger partial charge is 0.347 e. The molecule has 3 rings (SSSR count). The molecular weight excluding hydrogens is 358 g/mol. The van der Waals surface area contributed by atoms with Gasteiger partial charge in [-0.3, -0.25) is 0 Å². The highest BCUT2D eigenvalue weighted by atomic mass is 35.5. The summed E-state index contributed by atoms with van der Waals surface area (Å²) in [6.07, 6.45) is -0.714. The molecule has 1 heterocycles. The number of nitrogens with zero attached hydrogens (tertiary/aromatic N) is 1. The van der Waals surface area contributed by atoms with Crippen LogP contribution in [0.3, 0.4) is 0 Å². The molecule has 0 amide bonds. The fourth-order valence-electron chi connectivity index (χ4n) is 2.11. The van der Waals surface area contributed by atoms with Crippen molar-refractivity contribution in [3.63, 3.8) is 0 Å². The first-order chi connectivity index (χ1) is 12.1. The van der Waals surface area contributed by atoms with Gasteiger partial charge in [-0.1, -0.05) is 41.9 Å². The molecule has 0 aliphatic heterocycles. The number of hydrogen-bond donors (Lipinski definition) is 0. The Morgan fingerprint density at radius 3 is 2.60 bits per heavy atom. The maximum Gasteiger partial charge on any atom is 0.347 e. The highest BCUT2D eigenvalue weighted by Gasteiger charge is 2.17. The van der Waals surface area contributed by atoms with Crippen molar-refractivity contribution in [2.24, 2.45) is 0 Å². The first kappa shape index (κ1) is 17.5. The van der Waals surface area contributed by atoms with Gasteiger partial charge in [-0.05, 0) is 31.2 Å². The number of benzene rings is 2. The summed E-state index contributed by atoms with van der Waals surface area (Å²) in [5.41, 5.74) is 1.76. The summed E-state index contributed by atoms with van der Waals surface area (Å²) in [4.78, 5) is 16.6. The number of thiazole rings is 1. The molecule has 0 aliphatic rings. The minimum atomic E-state index is -0.714. The molecule has 0 bridgehead atoms. The number of carbonyl (C=O) groups excluding carboxylic acids is 1. The minimum Gasteiger partial charge on any atom is -0.479 e. The molecule has 0 saturated carbocycles. The van der Waals surface area contributed by atoms with Crippen molar-refractivity contribution in [2.75, 3.05) is 0 Å². The molecule has 1 unspecified atom stereocenters. The van der Waals surface area contributed by atoms with Gasteiger partial charge in [0.25, 0.3) is 0 Å². The third kappa shape index (κ3) is 4.81. The van der Waals surface area contributed by atoms with Crippen LogP contribution in [0.1, 0.15) is 12.6 Å². The van der Waals surface area contributed by atoms with E-state index >= 15 is 0 Å². The van der Waals surface area contributed by atoms with E-state index in [2.05, 4.69) is 4.98 Å². The summed E-state index contributed by atoms with van der Waals surface area (Å²) in [6.45, 7) is 1.77. The molecule has 0 saturated heterocycles. The van der Waals surface area contributed by atoms with Crippen molar-refractivity contribution in [1.82, 2.24) is 4.98 Å². The van der Waals surface area contributed by atoms with Crippen LogP contribution in [0.2, 0.25) is 5.02 Å². The zero-order valence-electron chi connectivity index (χ0n) is 13.5. The van der Waals surface area contributed by atoms with Crippen molar-refractivity contribution in [2.45, 2.75) is 19.6 Å². The minimum absolute atomic E-state index is 0.122. The molecule has 0 aliphatic carbocycles. The van der Waals surface area contributed by atoms with Crippen LogP contribution in [0.4, 0.5) is 0 Å². The second-order valence-corrected chi connectivity index (χ2v) is 6.63. The Labute approximate surface area is 155 Å². The molecule has 25 heavy (non-hydrogen) atoms. The van der Waals surface area contributed by atoms with Crippen LogP contribution < -0.4 is 4.74 Å². The first-order valence-corrected chi connectivity index (χ1v) is 8.96. The summed E-state index contributed by atoms with van der Waals surface area (Å²) in [7, 11) is 0. The van der Waals surface area contributed by atoms with E-state index in [0.29, 0.717) is 10.8 Å². The first-order valence-electron chi connectivity index (χ1n) is 7.70. The number of aromatic nitrogens is 1. The number of carbonyl (C=O) groups is 1. The number of rotatable bonds is 6. The van der Waals surface area contributed by atoms with Gasteiger partial charge in [0.05, 0.1) is 5.69 Å². The largest absolute Gasteiger partial charge is 0.479 e. The Morgan fingerprint density at radius 1 is 1.16 bits per heavy atom. The van der Waals surface area contributed by atoms with Crippen LogP contribution >= 0.6 is 22.9 Å². The monoisotopic (exact) mass is 373 g/mol. The van der Waals surface area contributed by atoms with E-state index < -0.39 is 12.1 Å². The molecule has 128 valence electrons. The van der Waals surface area contributed by atoms with Crippen molar-refractivity contribution in [3.05, 3.63) is 70.7 Å². The number of halogens is 1. The summed E-state index contributed by atoms with van der Waals surface area (Å²) in [6, 6.07) is 16.7. The van der Waals surface area contributed by atoms with E-state index in [9.17, 15) is 4.79 Å². The molecule has 0 spiro atoms. The van der Waals surface area contributed by atoms with Crippen LogP contribution in [0.25, 0.3) is 10.6 Å². The van der Waals surface area contributed by atoms with Crippen LogP contribution in [0.5, 0.6) is 5.75 Å². The van der Waals surface area contributed by atoms with E-state index in [1.54, 1.807) is 31.2 Å². The standard InChI is InChI=1S/C19H16ClNO3S/c1-13(24-17-9-7-15(20)8-10-17)19(22)23-11-16-12-25-18(21-16)14-5-3-2-4-6-14/h2-10,12-13H,11H2,1H3. The van der Waals surface area contributed by atoms with E-state index in [0.717, 1.165) is 16.3 Å². The third-order valence-corrected chi connectivity index (χ3v) is 4.59. The normalized spacial score (nSPS) is 11.8. The zero-order valence-corrected chi connectivity index (χ0v) is 15.1. The molecular formula is C19H16ClNO3S. The SMILES string of the molecule is CC(Oc1ccc(Cl)cc1)C(=O)OCc1csc(-c2ccccc2)n1. The molecule has 2 aromatic carbocycles. The predicted octanol–water partition coefficient (Wildman–Crippen LogP) is 4.97. The van der Waals surface area contributed by atoms with Crippen molar-refractivity contribution in [1.29, 1.82) is 0 Å². The maximum absolute atomic E-state index is 12.1. The summed E-state index contributed by atoms with van der Waals surface area (Å²) < 4.78 is 10.8. The lowest BCUT2D eigenvalue weighted by Crippen LogP contribution is -2.26. The van der Waals surface area contributed by atoms with Gasteiger partial charge in [0, 0.05) is 16.0 Å². The highest BCUT2D eigenvalue weighted by Crippen LogP contribution is 2.23. The van der Waals surface area contributed by atoms with Gasteiger partial charge in [-0.2, -0.15) is 0 Å². The maximum atomic E-state index is 12.1. The lowest BCUT2D eigenvalue weighted by molar-refractivity contribution is -0.152. The zero-order chi connectivity index (χ0) is 17.6. The van der Waals surface area contributed by atoms with Gasteiger partial charge >= 0.3 is 5.97 Å². The van der Waals surface area contributed by atoms with Gasteiger partial charge in [0.2, 0.25) is 0 Å². The van der Waals surface area contributed by atoms with E-state index in [1.807, 2.05) is 35.7 Å². The van der Waals surface area contributed by atoms with Crippen molar-refractivity contribution < 1.29 is 14.3 Å². The van der Waals surface area contributed by atoms with Gasteiger partial charge in [-0.15, -0.1) is 11.3 Å². The van der Waals surface area contributed by atoms with Gasteiger partial charge in [0.1, 0.15) is 17.4 Å². The average Bonchev–Trinajstić information content (AvgIpc) is 3.11. The quantitative estimate of drug-likeness (QED) is 0.572. The summed E-state index contributed by atoms with van der Waals surface area (Å²) in [5, 5.41) is 3.40. The molecule has 1 atom stereocenters. The third-order valence-electron chi connectivity index (χ3n) is 3.39. The van der Waals surface area contributed by atoms with Crippen LogP contribution in [-0.2, 0) is 16.1 Å². The van der Waals surface area contributed by atoms with Crippen molar-refractivity contribution >= 4 is 28.9 Å². The van der Waals surface area contributed by atoms with Gasteiger partial charge < -0.3 is 9.47 Å².